The quantitative estimate of drug-likeness (QED) is 0.0257. The summed E-state index contributed by atoms with van der Waals surface area (Å²) in [6.45, 7) is 7.98. The van der Waals surface area contributed by atoms with Gasteiger partial charge >= 0.3 is 21.7 Å². The lowest BCUT2D eigenvalue weighted by Gasteiger charge is -2.24. The van der Waals surface area contributed by atoms with Crippen LogP contribution in [0.25, 0.3) is 35.3 Å². The summed E-state index contributed by atoms with van der Waals surface area (Å²) >= 11 is 0. The molecule has 0 unspecified atom stereocenters. The Morgan fingerprint density at radius 2 is 1.29 bits per heavy atom. The van der Waals surface area contributed by atoms with Gasteiger partial charge in [0, 0.05) is 30.2 Å². The molecule has 8 nitrogen and oxygen atoms in total. The van der Waals surface area contributed by atoms with Crippen LogP contribution < -0.4 is 15.3 Å². The first-order valence-corrected chi connectivity index (χ1v) is 17.6. The second kappa shape index (κ2) is 15.8. The van der Waals surface area contributed by atoms with Crippen LogP contribution in [0.3, 0.4) is 0 Å². The SMILES string of the molecule is CCCN(CCC)c1ccc2c(C)c(/C=C/c3ccc(/C=C/c4ccc(C(=O)Oc5c(F)c(F)c(S(=O)(=O)O)c(F)c5F)cc4)cc3)c(=O)oc2c1. The molecule has 1 heterocycles. The number of fused-ring (bicyclic) bond motifs is 1. The van der Waals surface area contributed by atoms with E-state index in [9.17, 15) is 35.6 Å². The standard InChI is InChI=1S/C39H33F4NO7S/c1-4-20-44(21-5-2)28-17-19-29-23(3)30(39(46)50-31(29)22-28)18-14-25-9-6-24(7-10-25)8-11-26-12-15-27(16-13-26)38(45)51-36-32(40)34(42)37(52(47,48)49)35(43)33(36)41/h6-19,22H,4-5,20-21H2,1-3H3,(H,47,48,49)/b11-8+,18-14+. The minimum Gasteiger partial charge on any atom is -0.422 e. The highest BCUT2D eigenvalue weighted by molar-refractivity contribution is 7.85. The number of anilines is 1. The van der Waals surface area contributed by atoms with E-state index in [1.165, 1.54) is 24.3 Å². The van der Waals surface area contributed by atoms with Crippen LogP contribution in [0, 0.1) is 30.2 Å². The number of halogens is 4. The molecule has 0 bridgehead atoms. The summed E-state index contributed by atoms with van der Waals surface area (Å²) in [7, 11) is -5.66. The molecule has 1 N–H and O–H groups in total. The minimum absolute atomic E-state index is 0.238. The van der Waals surface area contributed by atoms with Gasteiger partial charge in [-0.3, -0.25) is 4.55 Å². The molecule has 0 fully saturated rings. The summed E-state index contributed by atoms with van der Waals surface area (Å²) in [6, 6.07) is 18.8. The summed E-state index contributed by atoms with van der Waals surface area (Å²) < 4.78 is 98.0. The Labute approximate surface area is 297 Å². The zero-order valence-corrected chi connectivity index (χ0v) is 29.1. The zero-order chi connectivity index (χ0) is 37.7. The monoisotopic (exact) mass is 735 g/mol. The van der Waals surface area contributed by atoms with Crippen molar-refractivity contribution in [2.24, 2.45) is 0 Å². The predicted molar refractivity (Wildman–Crippen MR) is 192 cm³/mol. The Morgan fingerprint density at radius 1 is 0.788 bits per heavy atom. The van der Waals surface area contributed by atoms with Crippen LogP contribution in [0.1, 0.15) is 64.9 Å². The lowest BCUT2D eigenvalue weighted by molar-refractivity contribution is 0.0716. The number of nitrogens with zero attached hydrogens (tertiary/aromatic N) is 1. The van der Waals surface area contributed by atoms with Crippen LogP contribution in [0.2, 0.25) is 0 Å². The third kappa shape index (κ3) is 8.16. The highest BCUT2D eigenvalue weighted by Gasteiger charge is 2.34. The summed E-state index contributed by atoms with van der Waals surface area (Å²) in [5.74, 6) is -12.7. The minimum atomic E-state index is -5.66. The number of carbonyl (C=O) groups is 1. The van der Waals surface area contributed by atoms with E-state index in [1.807, 2.05) is 49.4 Å². The second-order valence-corrected chi connectivity index (χ2v) is 13.2. The molecule has 0 saturated carbocycles. The van der Waals surface area contributed by atoms with Gasteiger partial charge in [-0.2, -0.15) is 17.2 Å². The number of benzene rings is 4. The summed E-state index contributed by atoms with van der Waals surface area (Å²) in [5, 5.41) is 0.864. The van der Waals surface area contributed by atoms with E-state index in [1.54, 1.807) is 18.2 Å². The number of esters is 1. The molecule has 4 aromatic carbocycles. The topological polar surface area (TPSA) is 114 Å². The third-order valence-corrected chi connectivity index (χ3v) is 9.05. The fourth-order valence-electron chi connectivity index (χ4n) is 5.54. The smallest absolute Gasteiger partial charge is 0.343 e. The van der Waals surface area contributed by atoms with Crippen LogP contribution in [-0.4, -0.2) is 32.0 Å². The van der Waals surface area contributed by atoms with E-state index >= 15 is 0 Å². The molecule has 0 amide bonds. The largest absolute Gasteiger partial charge is 0.422 e. The van der Waals surface area contributed by atoms with Gasteiger partial charge in [0.05, 0.1) is 11.1 Å². The Balaban J connectivity index is 1.25. The first-order chi connectivity index (χ1) is 24.7. The molecule has 5 rings (SSSR count). The van der Waals surface area contributed by atoms with Crippen molar-refractivity contribution in [3.63, 3.8) is 0 Å². The zero-order valence-electron chi connectivity index (χ0n) is 28.3. The molecule has 0 aliphatic rings. The van der Waals surface area contributed by atoms with Crippen molar-refractivity contribution in [3.8, 4) is 5.75 Å². The van der Waals surface area contributed by atoms with Crippen molar-refractivity contribution in [3.05, 3.63) is 134 Å². The molecule has 52 heavy (non-hydrogen) atoms. The van der Waals surface area contributed by atoms with Crippen molar-refractivity contribution >= 4 is 57.0 Å². The highest BCUT2D eigenvalue weighted by Crippen LogP contribution is 2.33. The number of hydrogen-bond donors (Lipinski definition) is 1. The van der Waals surface area contributed by atoms with E-state index < -0.39 is 55.6 Å². The predicted octanol–water partition coefficient (Wildman–Crippen LogP) is 9.09. The molecular formula is C39H33F4NO7S. The first-order valence-electron chi connectivity index (χ1n) is 16.2. The summed E-state index contributed by atoms with van der Waals surface area (Å²) in [5.41, 5.74) is 4.46. The molecule has 0 atom stereocenters. The fourth-order valence-corrected chi connectivity index (χ4v) is 6.17. The van der Waals surface area contributed by atoms with Crippen molar-refractivity contribution in [1.29, 1.82) is 0 Å². The molecule has 5 aromatic rings. The molecule has 0 radical (unpaired) electrons. The third-order valence-electron chi connectivity index (χ3n) is 8.18. The number of carbonyl (C=O) groups excluding carboxylic acids is 1. The van der Waals surface area contributed by atoms with E-state index in [-0.39, 0.29) is 5.56 Å². The van der Waals surface area contributed by atoms with Crippen LogP contribution >= 0.6 is 0 Å². The second-order valence-electron chi connectivity index (χ2n) is 11.8. The van der Waals surface area contributed by atoms with Gasteiger partial charge in [-0.1, -0.05) is 68.5 Å². The molecule has 0 aliphatic carbocycles. The van der Waals surface area contributed by atoms with Gasteiger partial charge in [0.2, 0.25) is 17.4 Å². The maximum absolute atomic E-state index is 14.3. The average molecular weight is 736 g/mol. The van der Waals surface area contributed by atoms with Gasteiger partial charge in [0.25, 0.3) is 0 Å². The average Bonchev–Trinajstić information content (AvgIpc) is 3.11. The lowest BCUT2D eigenvalue weighted by Crippen LogP contribution is -2.24. The van der Waals surface area contributed by atoms with Gasteiger partial charge in [0.15, 0.2) is 16.5 Å². The Bertz CT molecular complexity index is 2340. The molecule has 0 spiro atoms. The normalized spacial score (nSPS) is 11.9. The summed E-state index contributed by atoms with van der Waals surface area (Å²) in [4.78, 5) is 25.4. The number of ether oxygens (including phenoxy) is 1. The maximum atomic E-state index is 14.3. The van der Waals surface area contributed by atoms with Crippen LogP contribution in [0.4, 0.5) is 23.2 Å². The molecule has 13 heteroatoms. The van der Waals surface area contributed by atoms with Gasteiger partial charge in [-0.15, -0.1) is 0 Å². The summed E-state index contributed by atoms with van der Waals surface area (Å²) in [6.07, 6.45) is 9.07. The molecule has 0 aliphatic heterocycles. The highest BCUT2D eigenvalue weighted by atomic mass is 32.2. The van der Waals surface area contributed by atoms with Gasteiger partial charge in [0.1, 0.15) is 5.58 Å². The number of aryl methyl sites for hydroxylation is 1. The van der Waals surface area contributed by atoms with Crippen LogP contribution in [0.5, 0.6) is 5.75 Å². The number of hydrogen-bond acceptors (Lipinski definition) is 7. The Kier molecular flexibility index (Phi) is 11.5. The van der Waals surface area contributed by atoms with E-state index in [2.05, 4.69) is 29.6 Å². The molecule has 270 valence electrons. The first kappa shape index (κ1) is 37.7. The fraction of sp³-hybridized carbons (Fsp3) is 0.179. The van der Waals surface area contributed by atoms with Crippen molar-refractivity contribution in [1.82, 2.24) is 0 Å². The van der Waals surface area contributed by atoms with Gasteiger partial charge in [-0.05, 0) is 72.4 Å². The van der Waals surface area contributed by atoms with E-state index in [0.29, 0.717) is 16.7 Å². The van der Waals surface area contributed by atoms with E-state index in [0.717, 1.165) is 53.7 Å². The number of rotatable bonds is 12. The van der Waals surface area contributed by atoms with Crippen molar-refractivity contribution in [2.75, 3.05) is 18.0 Å². The molecule has 0 saturated heterocycles. The van der Waals surface area contributed by atoms with Crippen LogP contribution in [0.15, 0.2) is 80.8 Å². The molecule has 1 aromatic heterocycles. The molecular weight excluding hydrogens is 702 g/mol. The van der Waals surface area contributed by atoms with Gasteiger partial charge < -0.3 is 14.1 Å². The van der Waals surface area contributed by atoms with Crippen molar-refractivity contribution in [2.45, 2.75) is 38.5 Å². The van der Waals surface area contributed by atoms with E-state index in [4.69, 9.17) is 8.97 Å². The Hall–Kier alpha value is -5.53. The van der Waals surface area contributed by atoms with Crippen LogP contribution in [-0.2, 0) is 10.1 Å². The van der Waals surface area contributed by atoms with Crippen molar-refractivity contribution < 1.29 is 44.5 Å². The van der Waals surface area contributed by atoms with Gasteiger partial charge in [-0.25, -0.2) is 18.4 Å². The Morgan fingerprint density at radius 3 is 1.79 bits per heavy atom. The maximum Gasteiger partial charge on any atom is 0.343 e. The lowest BCUT2D eigenvalue weighted by atomic mass is 10.0.